The average Bonchev–Trinajstić information content (AvgIpc) is 2.10. The largest absolute Gasteiger partial charge is 0.477 e. The minimum atomic E-state index is -0.994. The Balaban J connectivity index is 3.39. The molecular formula is C8H14N2O2S. The molecular weight excluding hydrogens is 188 g/mol. The van der Waals surface area contributed by atoms with Gasteiger partial charge in [-0.05, 0) is 6.92 Å². The quantitative estimate of drug-likeness (QED) is 0.279. The summed E-state index contributed by atoms with van der Waals surface area (Å²) in [6, 6.07) is 0. The summed E-state index contributed by atoms with van der Waals surface area (Å²) in [5.74, 6) is 0.803. The maximum Gasteiger partial charge on any atom is 0.351 e. The van der Waals surface area contributed by atoms with E-state index in [-0.39, 0.29) is 5.71 Å². The third-order valence-corrected chi connectivity index (χ3v) is 2.11. The highest BCUT2D eigenvalue weighted by Crippen LogP contribution is 1.96. The molecule has 0 aliphatic rings. The van der Waals surface area contributed by atoms with Crippen LogP contribution in [0.2, 0.25) is 0 Å². The van der Waals surface area contributed by atoms with E-state index in [1.807, 2.05) is 6.08 Å². The van der Waals surface area contributed by atoms with Crippen LogP contribution in [-0.4, -0.2) is 34.8 Å². The van der Waals surface area contributed by atoms with E-state index in [1.54, 1.807) is 11.8 Å². The van der Waals surface area contributed by atoms with E-state index in [2.05, 4.69) is 17.1 Å². The zero-order valence-electron chi connectivity index (χ0n) is 7.62. The number of rotatable bonds is 7. The van der Waals surface area contributed by atoms with Crippen molar-refractivity contribution < 1.29 is 9.90 Å². The van der Waals surface area contributed by atoms with Crippen LogP contribution in [0, 0.1) is 0 Å². The van der Waals surface area contributed by atoms with Crippen LogP contribution in [-0.2, 0) is 4.79 Å². The van der Waals surface area contributed by atoms with Crippen molar-refractivity contribution in [3.8, 4) is 0 Å². The second-order valence-corrected chi connectivity index (χ2v) is 3.42. The van der Waals surface area contributed by atoms with E-state index >= 15 is 0 Å². The molecule has 0 fully saturated rings. The van der Waals surface area contributed by atoms with Crippen molar-refractivity contribution in [1.82, 2.24) is 5.43 Å². The van der Waals surface area contributed by atoms with Gasteiger partial charge in [0.2, 0.25) is 0 Å². The normalized spacial score (nSPS) is 11.0. The Labute approximate surface area is 82.1 Å². The van der Waals surface area contributed by atoms with Gasteiger partial charge >= 0.3 is 5.97 Å². The Morgan fingerprint density at radius 3 is 3.00 bits per heavy atom. The van der Waals surface area contributed by atoms with Gasteiger partial charge in [-0.3, -0.25) is 0 Å². The molecule has 0 saturated heterocycles. The van der Waals surface area contributed by atoms with Crippen LogP contribution >= 0.6 is 11.8 Å². The molecule has 2 N–H and O–H groups in total. The summed E-state index contributed by atoms with van der Waals surface area (Å²) in [5.41, 5.74) is 2.75. The number of carboxylic acid groups (broad SMARTS) is 1. The molecule has 0 aliphatic heterocycles. The van der Waals surface area contributed by atoms with E-state index in [1.165, 1.54) is 6.92 Å². The number of hydrazone groups is 1. The number of hydrogen-bond acceptors (Lipinski definition) is 4. The first kappa shape index (κ1) is 12.0. The lowest BCUT2D eigenvalue weighted by molar-refractivity contribution is -0.129. The van der Waals surface area contributed by atoms with Crippen LogP contribution in [0.3, 0.4) is 0 Å². The fraction of sp³-hybridized carbons (Fsp3) is 0.500. The van der Waals surface area contributed by atoms with E-state index < -0.39 is 5.97 Å². The van der Waals surface area contributed by atoms with Gasteiger partial charge in [0.1, 0.15) is 5.71 Å². The van der Waals surface area contributed by atoms with Crippen molar-refractivity contribution in [2.24, 2.45) is 5.10 Å². The topological polar surface area (TPSA) is 61.7 Å². The first-order chi connectivity index (χ1) is 6.18. The Kier molecular flexibility index (Phi) is 7.10. The van der Waals surface area contributed by atoms with E-state index in [0.717, 1.165) is 11.5 Å². The first-order valence-electron chi connectivity index (χ1n) is 3.87. The molecule has 0 saturated carbocycles. The first-order valence-corrected chi connectivity index (χ1v) is 5.03. The molecule has 0 rings (SSSR count). The van der Waals surface area contributed by atoms with Gasteiger partial charge < -0.3 is 10.5 Å². The minimum Gasteiger partial charge on any atom is -0.477 e. The molecule has 0 aromatic heterocycles. The maximum absolute atomic E-state index is 10.3. The summed E-state index contributed by atoms with van der Waals surface area (Å²) in [6.45, 7) is 5.70. The number of aliphatic carboxylic acids is 1. The van der Waals surface area contributed by atoms with Crippen molar-refractivity contribution in [2.75, 3.05) is 18.1 Å². The number of carboxylic acids is 1. The van der Waals surface area contributed by atoms with Crippen LogP contribution < -0.4 is 5.43 Å². The van der Waals surface area contributed by atoms with Crippen LogP contribution in [0.4, 0.5) is 0 Å². The van der Waals surface area contributed by atoms with Crippen molar-refractivity contribution in [3.05, 3.63) is 12.7 Å². The van der Waals surface area contributed by atoms with Crippen LogP contribution in [0.1, 0.15) is 6.92 Å². The maximum atomic E-state index is 10.3. The standard InChI is InChI=1S/C8H14N2O2S/c1-3-5-13-6-4-9-10-7(2)8(11)12/h3,9H,1,4-6H2,2H3,(H,11,12). The molecule has 0 spiro atoms. The number of nitrogens with one attached hydrogen (secondary N) is 1. The number of hydrogen-bond donors (Lipinski definition) is 2. The third kappa shape index (κ3) is 7.39. The molecule has 0 bridgehead atoms. The fourth-order valence-corrected chi connectivity index (χ4v) is 1.08. The molecule has 74 valence electrons. The molecule has 0 atom stereocenters. The summed E-state index contributed by atoms with van der Waals surface area (Å²) in [7, 11) is 0. The molecule has 4 nitrogen and oxygen atoms in total. The Hall–Kier alpha value is -0.970. The Morgan fingerprint density at radius 2 is 2.46 bits per heavy atom. The lowest BCUT2D eigenvalue weighted by Gasteiger charge is -1.99. The second kappa shape index (κ2) is 7.67. The Morgan fingerprint density at radius 1 is 1.77 bits per heavy atom. The van der Waals surface area contributed by atoms with Gasteiger partial charge in [-0.15, -0.1) is 6.58 Å². The SMILES string of the molecule is C=CCSCCNN=C(C)C(=O)O. The second-order valence-electron chi connectivity index (χ2n) is 2.27. The highest BCUT2D eigenvalue weighted by atomic mass is 32.2. The fourth-order valence-electron chi connectivity index (χ4n) is 0.507. The van der Waals surface area contributed by atoms with Crippen molar-refractivity contribution in [2.45, 2.75) is 6.92 Å². The molecule has 0 aliphatic carbocycles. The van der Waals surface area contributed by atoms with Crippen LogP contribution in [0.15, 0.2) is 17.8 Å². The van der Waals surface area contributed by atoms with Gasteiger partial charge in [0.15, 0.2) is 0 Å². The predicted molar refractivity (Wildman–Crippen MR) is 56.3 cm³/mol. The lowest BCUT2D eigenvalue weighted by Crippen LogP contribution is -2.17. The van der Waals surface area contributed by atoms with Gasteiger partial charge in [0, 0.05) is 18.1 Å². The smallest absolute Gasteiger partial charge is 0.351 e. The van der Waals surface area contributed by atoms with Gasteiger partial charge in [0.05, 0.1) is 0 Å². The number of nitrogens with zero attached hydrogens (tertiary/aromatic N) is 1. The van der Waals surface area contributed by atoms with Gasteiger partial charge in [-0.1, -0.05) is 6.08 Å². The van der Waals surface area contributed by atoms with E-state index in [4.69, 9.17) is 5.11 Å². The van der Waals surface area contributed by atoms with Gasteiger partial charge in [-0.2, -0.15) is 16.9 Å². The minimum absolute atomic E-state index is 0.0775. The van der Waals surface area contributed by atoms with Gasteiger partial charge in [-0.25, -0.2) is 4.79 Å². The van der Waals surface area contributed by atoms with Gasteiger partial charge in [0.25, 0.3) is 0 Å². The molecule has 0 radical (unpaired) electrons. The summed E-state index contributed by atoms with van der Waals surface area (Å²) in [4.78, 5) is 10.3. The third-order valence-electron chi connectivity index (χ3n) is 1.15. The monoisotopic (exact) mass is 202 g/mol. The van der Waals surface area contributed by atoms with E-state index in [0.29, 0.717) is 6.54 Å². The Bertz CT molecular complexity index is 204. The molecule has 0 heterocycles. The highest BCUT2D eigenvalue weighted by Gasteiger charge is 1.99. The van der Waals surface area contributed by atoms with Crippen molar-refractivity contribution in [3.63, 3.8) is 0 Å². The summed E-state index contributed by atoms with van der Waals surface area (Å²) in [6.07, 6.45) is 1.83. The predicted octanol–water partition coefficient (Wildman–Crippen LogP) is 0.956. The van der Waals surface area contributed by atoms with Crippen molar-refractivity contribution >= 4 is 23.4 Å². The average molecular weight is 202 g/mol. The zero-order valence-corrected chi connectivity index (χ0v) is 8.43. The molecule has 0 aromatic rings. The van der Waals surface area contributed by atoms with Crippen LogP contribution in [0.5, 0.6) is 0 Å². The molecule has 0 unspecified atom stereocenters. The number of thioether (sulfide) groups is 1. The highest BCUT2D eigenvalue weighted by molar-refractivity contribution is 7.99. The summed E-state index contributed by atoms with van der Waals surface area (Å²) in [5, 5.41) is 12.1. The molecule has 0 aromatic carbocycles. The van der Waals surface area contributed by atoms with Crippen LogP contribution in [0.25, 0.3) is 0 Å². The number of carbonyl (C=O) groups is 1. The zero-order chi connectivity index (χ0) is 10.1. The van der Waals surface area contributed by atoms with E-state index in [9.17, 15) is 4.79 Å². The summed E-state index contributed by atoms with van der Waals surface area (Å²) >= 11 is 1.72. The van der Waals surface area contributed by atoms with Crippen molar-refractivity contribution in [1.29, 1.82) is 0 Å². The molecule has 13 heavy (non-hydrogen) atoms. The lowest BCUT2D eigenvalue weighted by atomic mass is 10.4. The summed E-state index contributed by atoms with van der Waals surface area (Å²) < 4.78 is 0. The molecule has 5 heteroatoms. The molecule has 0 amide bonds.